The fourth-order valence-electron chi connectivity index (χ4n) is 1.92. The SMILES string of the molecule is CN(Cc1ccoc1)c1c(N)cccc1C(N)=O. The smallest absolute Gasteiger partial charge is 0.250 e. The molecular formula is C13H15N3O2. The third-order valence-corrected chi connectivity index (χ3v) is 2.71. The lowest BCUT2D eigenvalue weighted by molar-refractivity contribution is 0.100. The molecule has 1 heterocycles. The highest BCUT2D eigenvalue weighted by molar-refractivity contribution is 6.01. The van der Waals surface area contributed by atoms with Gasteiger partial charge in [0.1, 0.15) is 0 Å². The van der Waals surface area contributed by atoms with Crippen LogP contribution < -0.4 is 16.4 Å². The van der Waals surface area contributed by atoms with E-state index < -0.39 is 5.91 Å². The summed E-state index contributed by atoms with van der Waals surface area (Å²) in [4.78, 5) is 13.3. The standard InChI is InChI=1S/C13H15N3O2/c1-16(7-9-5-6-18-8-9)12-10(13(15)17)3-2-4-11(12)14/h2-6,8H,7,14H2,1H3,(H2,15,17). The van der Waals surface area contributed by atoms with Gasteiger partial charge in [0.05, 0.1) is 29.5 Å². The lowest BCUT2D eigenvalue weighted by Gasteiger charge is -2.22. The minimum absolute atomic E-state index is 0.418. The summed E-state index contributed by atoms with van der Waals surface area (Å²) in [6.07, 6.45) is 3.26. The fourth-order valence-corrected chi connectivity index (χ4v) is 1.92. The Balaban J connectivity index is 2.34. The number of primary amides is 1. The summed E-state index contributed by atoms with van der Waals surface area (Å²) >= 11 is 0. The second-order valence-corrected chi connectivity index (χ2v) is 4.10. The van der Waals surface area contributed by atoms with Crippen LogP contribution in [0.3, 0.4) is 0 Å². The summed E-state index contributed by atoms with van der Waals surface area (Å²) in [5.74, 6) is -0.489. The van der Waals surface area contributed by atoms with Gasteiger partial charge in [-0.3, -0.25) is 4.79 Å². The fraction of sp³-hybridized carbons (Fsp3) is 0.154. The highest BCUT2D eigenvalue weighted by Crippen LogP contribution is 2.27. The number of rotatable bonds is 4. The largest absolute Gasteiger partial charge is 0.472 e. The highest BCUT2D eigenvalue weighted by Gasteiger charge is 2.15. The minimum Gasteiger partial charge on any atom is -0.472 e. The van der Waals surface area contributed by atoms with Gasteiger partial charge < -0.3 is 20.8 Å². The first-order valence-electron chi connectivity index (χ1n) is 5.50. The van der Waals surface area contributed by atoms with Crippen molar-refractivity contribution in [1.82, 2.24) is 0 Å². The van der Waals surface area contributed by atoms with Gasteiger partial charge in [-0.25, -0.2) is 0 Å². The van der Waals surface area contributed by atoms with E-state index in [1.807, 2.05) is 18.0 Å². The summed E-state index contributed by atoms with van der Waals surface area (Å²) in [5, 5.41) is 0. The maximum absolute atomic E-state index is 11.4. The van der Waals surface area contributed by atoms with E-state index in [1.54, 1.807) is 30.7 Å². The predicted molar refractivity (Wildman–Crippen MR) is 70.2 cm³/mol. The number of nitrogens with two attached hydrogens (primary N) is 2. The van der Waals surface area contributed by atoms with Crippen LogP contribution in [0, 0.1) is 0 Å². The van der Waals surface area contributed by atoms with E-state index in [0.717, 1.165) is 5.56 Å². The van der Waals surface area contributed by atoms with Gasteiger partial charge >= 0.3 is 0 Å². The number of para-hydroxylation sites is 1. The Labute approximate surface area is 105 Å². The van der Waals surface area contributed by atoms with Gasteiger partial charge in [0.15, 0.2) is 0 Å². The Morgan fingerprint density at radius 3 is 2.78 bits per heavy atom. The number of anilines is 2. The van der Waals surface area contributed by atoms with Crippen molar-refractivity contribution in [2.24, 2.45) is 5.73 Å². The van der Waals surface area contributed by atoms with Crippen molar-refractivity contribution in [2.75, 3.05) is 17.7 Å². The Hall–Kier alpha value is -2.43. The first-order valence-corrected chi connectivity index (χ1v) is 5.50. The van der Waals surface area contributed by atoms with Gasteiger partial charge in [-0.15, -0.1) is 0 Å². The van der Waals surface area contributed by atoms with Gasteiger partial charge in [0.25, 0.3) is 5.91 Å². The Bertz CT molecular complexity index is 549. The van der Waals surface area contributed by atoms with Crippen LogP contribution in [0.1, 0.15) is 15.9 Å². The molecule has 5 heteroatoms. The quantitative estimate of drug-likeness (QED) is 0.801. The number of carbonyl (C=O) groups excluding carboxylic acids is 1. The number of hydrogen-bond acceptors (Lipinski definition) is 4. The lowest BCUT2D eigenvalue weighted by Crippen LogP contribution is -2.23. The zero-order chi connectivity index (χ0) is 13.1. The van der Waals surface area contributed by atoms with Gasteiger partial charge in [-0.1, -0.05) is 6.07 Å². The topological polar surface area (TPSA) is 85.5 Å². The summed E-state index contributed by atoms with van der Waals surface area (Å²) in [7, 11) is 1.85. The summed E-state index contributed by atoms with van der Waals surface area (Å²) in [6, 6.07) is 6.98. The number of amides is 1. The van der Waals surface area contributed by atoms with Crippen molar-refractivity contribution in [3.63, 3.8) is 0 Å². The van der Waals surface area contributed by atoms with Crippen molar-refractivity contribution in [3.8, 4) is 0 Å². The molecule has 0 unspecified atom stereocenters. The number of carbonyl (C=O) groups is 1. The number of benzene rings is 1. The molecular weight excluding hydrogens is 230 g/mol. The Kier molecular flexibility index (Phi) is 3.23. The van der Waals surface area contributed by atoms with Crippen molar-refractivity contribution >= 4 is 17.3 Å². The molecule has 2 aromatic rings. The average molecular weight is 245 g/mol. The molecule has 2 rings (SSSR count). The molecule has 0 spiro atoms. The van der Waals surface area contributed by atoms with E-state index >= 15 is 0 Å². The number of hydrogen-bond donors (Lipinski definition) is 2. The Morgan fingerprint density at radius 2 is 2.17 bits per heavy atom. The third kappa shape index (κ3) is 2.29. The van der Waals surface area contributed by atoms with Crippen LogP contribution in [0.4, 0.5) is 11.4 Å². The lowest BCUT2D eigenvalue weighted by atomic mass is 10.1. The van der Waals surface area contributed by atoms with Crippen LogP contribution in [0.2, 0.25) is 0 Å². The Morgan fingerprint density at radius 1 is 1.39 bits per heavy atom. The van der Waals surface area contributed by atoms with Crippen LogP contribution >= 0.6 is 0 Å². The van der Waals surface area contributed by atoms with Crippen LogP contribution in [-0.4, -0.2) is 13.0 Å². The molecule has 0 radical (unpaired) electrons. The zero-order valence-corrected chi connectivity index (χ0v) is 10.1. The van der Waals surface area contributed by atoms with E-state index in [4.69, 9.17) is 15.9 Å². The number of nitrogen functional groups attached to an aromatic ring is 1. The molecule has 0 atom stereocenters. The van der Waals surface area contributed by atoms with Crippen molar-refractivity contribution < 1.29 is 9.21 Å². The van der Waals surface area contributed by atoms with Crippen molar-refractivity contribution in [2.45, 2.75) is 6.54 Å². The molecule has 0 saturated carbocycles. The molecule has 0 aliphatic carbocycles. The maximum Gasteiger partial charge on any atom is 0.250 e. The van der Waals surface area contributed by atoms with Crippen LogP contribution in [0.15, 0.2) is 41.2 Å². The van der Waals surface area contributed by atoms with E-state index in [1.165, 1.54) is 0 Å². The molecule has 0 aliphatic rings. The second kappa shape index (κ2) is 4.83. The maximum atomic E-state index is 11.4. The van der Waals surface area contributed by atoms with Crippen LogP contribution in [-0.2, 0) is 6.54 Å². The van der Waals surface area contributed by atoms with Crippen LogP contribution in [0.5, 0.6) is 0 Å². The van der Waals surface area contributed by atoms with Gasteiger partial charge in [0, 0.05) is 19.2 Å². The third-order valence-electron chi connectivity index (χ3n) is 2.71. The molecule has 1 aromatic heterocycles. The predicted octanol–water partition coefficient (Wildman–Crippen LogP) is 1.60. The summed E-state index contributed by atoms with van der Waals surface area (Å²) < 4.78 is 5.01. The van der Waals surface area contributed by atoms with Crippen molar-refractivity contribution in [3.05, 3.63) is 47.9 Å². The molecule has 5 nitrogen and oxygen atoms in total. The van der Waals surface area contributed by atoms with E-state index in [2.05, 4.69) is 0 Å². The van der Waals surface area contributed by atoms with Crippen LogP contribution in [0.25, 0.3) is 0 Å². The normalized spacial score (nSPS) is 10.3. The molecule has 0 aliphatic heterocycles. The molecule has 4 N–H and O–H groups in total. The highest BCUT2D eigenvalue weighted by atomic mass is 16.3. The van der Waals surface area contributed by atoms with Gasteiger partial charge in [-0.2, -0.15) is 0 Å². The zero-order valence-electron chi connectivity index (χ0n) is 10.1. The number of furan rings is 1. The number of nitrogens with zero attached hydrogens (tertiary/aromatic N) is 1. The molecule has 0 fully saturated rings. The van der Waals surface area contributed by atoms with Gasteiger partial charge in [-0.05, 0) is 18.2 Å². The van der Waals surface area contributed by atoms with E-state index in [-0.39, 0.29) is 0 Å². The molecule has 18 heavy (non-hydrogen) atoms. The van der Waals surface area contributed by atoms with E-state index in [9.17, 15) is 4.79 Å². The minimum atomic E-state index is -0.489. The molecule has 94 valence electrons. The first kappa shape index (κ1) is 12.0. The molecule has 1 amide bonds. The second-order valence-electron chi connectivity index (χ2n) is 4.10. The van der Waals surface area contributed by atoms with Gasteiger partial charge in [0.2, 0.25) is 0 Å². The molecule has 0 saturated heterocycles. The van der Waals surface area contributed by atoms with E-state index in [0.29, 0.717) is 23.5 Å². The first-order chi connectivity index (χ1) is 8.59. The molecule has 1 aromatic carbocycles. The summed E-state index contributed by atoms with van der Waals surface area (Å²) in [6.45, 7) is 0.588. The summed E-state index contributed by atoms with van der Waals surface area (Å²) in [5.41, 5.74) is 13.9. The molecule has 0 bridgehead atoms. The monoisotopic (exact) mass is 245 g/mol. The van der Waals surface area contributed by atoms with Crippen molar-refractivity contribution in [1.29, 1.82) is 0 Å². The average Bonchev–Trinajstić information content (AvgIpc) is 2.81.